The molecule has 178 valence electrons. The Balaban J connectivity index is 1.50. The van der Waals surface area contributed by atoms with Crippen LogP contribution in [0.15, 0.2) is 47.8 Å². The minimum Gasteiger partial charge on any atom is -0.493 e. The molecule has 2 atom stereocenters. The minimum absolute atomic E-state index is 0.0195. The molecule has 7 nitrogen and oxygen atoms in total. The van der Waals surface area contributed by atoms with Crippen LogP contribution in [-0.4, -0.2) is 85.0 Å². The van der Waals surface area contributed by atoms with Crippen LogP contribution in [0, 0.1) is 0 Å². The topological polar surface area (TPSA) is 65.5 Å². The lowest BCUT2D eigenvalue weighted by Gasteiger charge is -2.42. The minimum atomic E-state index is 0.0195. The normalized spacial score (nSPS) is 22.2. The fourth-order valence-corrected chi connectivity index (χ4v) is 6.27. The van der Waals surface area contributed by atoms with Crippen molar-refractivity contribution in [2.24, 2.45) is 0 Å². The Kier molecular flexibility index (Phi) is 7.42. The SMILES string of the molecule is COc1ccc(C2=CC(=O)N3C=C(N4CCC(N(C)CCO)CC4)C=C(C)C3P2)cc1OC. The number of hydrogen-bond acceptors (Lipinski definition) is 6. The van der Waals surface area contributed by atoms with Crippen molar-refractivity contribution >= 4 is 19.8 Å². The van der Waals surface area contributed by atoms with E-state index in [0.29, 0.717) is 32.7 Å². The van der Waals surface area contributed by atoms with E-state index in [1.807, 2.05) is 29.3 Å². The van der Waals surface area contributed by atoms with Gasteiger partial charge >= 0.3 is 0 Å². The van der Waals surface area contributed by atoms with Gasteiger partial charge in [-0.05, 0) is 61.5 Å². The van der Waals surface area contributed by atoms with Gasteiger partial charge in [0.1, 0.15) is 0 Å². The van der Waals surface area contributed by atoms with Crippen molar-refractivity contribution in [2.75, 3.05) is 47.5 Å². The summed E-state index contributed by atoms with van der Waals surface area (Å²) in [6.45, 7) is 4.95. The Bertz CT molecular complexity index is 982. The summed E-state index contributed by atoms with van der Waals surface area (Å²) in [5.41, 5.74) is 3.33. The third kappa shape index (κ3) is 4.96. The molecule has 1 aromatic rings. The van der Waals surface area contributed by atoms with E-state index >= 15 is 0 Å². The zero-order valence-electron chi connectivity index (χ0n) is 19.9. The molecule has 3 aliphatic heterocycles. The molecule has 0 aliphatic carbocycles. The number of allylic oxidation sites excluding steroid dienone is 1. The van der Waals surface area contributed by atoms with E-state index in [2.05, 4.69) is 29.8 Å². The Morgan fingerprint density at radius 3 is 2.55 bits per heavy atom. The molecule has 2 unspecified atom stereocenters. The molecule has 0 spiro atoms. The van der Waals surface area contributed by atoms with Gasteiger partial charge in [0.05, 0.1) is 32.3 Å². The second-order valence-corrected chi connectivity index (χ2v) is 10.2. The maximum Gasteiger partial charge on any atom is 0.252 e. The Hall–Kier alpha value is -2.34. The lowest BCUT2D eigenvalue weighted by molar-refractivity contribution is -0.124. The second-order valence-electron chi connectivity index (χ2n) is 8.78. The number of carbonyl (C=O) groups is 1. The summed E-state index contributed by atoms with van der Waals surface area (Å²) >= 11 is 0. The standard InChI is InChI=1S/C25H34N3O4P/c1-17-13-20(27-9-7-19(8-10-27)26(2)11-12-29)16-28-24(30)15-23(33-25(17)28)18-5-6-21(31-3)22(14-18)32-4/h5-6,13-16,19,25,29,33H,7-12H2,1-4H3. The molecule has 3 heterocycles. The third-order valence-corrected chi connectivity index (χ3v) is 8.52. The Labute approximate surface area is 198 Å². The smallest absolute Gasteiger partial charge is 0.252 e. The number of aliphatic hydroxyl groups is 1. The number of fused-ring (bicyclic) bond motifs is 1. The molecule has 0 bridgehead atoms. The number of aliphatic hydroxyl groups excluding tert-OH is 1. The summed E-state index contributed by atoms with van der Waals surface area (Å²) in [5, 5.41) is 10.2. The lowest BCUT2D eigenvalue weighted by atomic mass is 10.0. The highest BCUT2D eigenvalue weighted by atomic mass is 31.1. The van der Waals surface area contributed by atoms with Crippen molar-refractivity contribution in [1.29, 1.82) is 0 Å². The largest absolute Gasteiger partial charge is 0.493 e. The molecule has 1 N–H and O–H groups in total. The van der Waals surface area contributed by atoms with Gasteiger partial charge in [-0.3, -0.25) is 4.79 Å². The zero-order valence-corrected chi connectivity index (χ0v) is 20.9. The van der Waals surface area contributed by atoms with E-state index in [9.17, 15) is 9.90 Å². The monoisotopic (exact) mass is 471 g/mol. The molecular formula is C25H34N3O4P. The molecule has 0 aromatic heterocycles. The molecule has 8 heteroatoms. The number of likely N-dealkylation sites (N-methyl/N-ethyl adjacent to an activating group) is 1. The number of nitrogens with zero attached hydrogens (tertiary/aromatic N) is 3. The average molecular weight is 472 g/mol. The van der Waals surface area contributed by atoms with Gasteiger partial charge in [-0.1, -0.05) is 14.6 Å². The number of ether oxygens (including phenoxy) is 2. The highest BCUT2D eigenvalue weighted by Gasteiger charge is 2.33. The van der Waals surface area contributed by atoms with Crippen molar-refractivity contribution in [1.82, 2.24) is 14.7 Å². The van der Waals surface area contributed by atoms with Crippen LogP contribution < -0.4 is 9.47 Å². The van der Waals surface area contributed by atoms with E-state index in [4.69, 9.17) is 9.47 Å². The molecule has 33 heavy (non-hydrogen) atoms. The Morgan fingerprint density at radius 2 is 1.88 bits per heavy atom. The number of methoxy groups -OCH3 is 2. The quantitative estimate of drug-likeness (QED) is 0.617. The van der Waals surface area contributed by atoms with Crippen molar-refractivity contribution in [2.45, 2.75) is 31.6 Å². The molecule has 0 radical (unpaired) electrons. The summed E-state index contributed by atoms with van der Waals surface area (Å²) in [6.07, 6.45) is 8.16. The van der Waals surface area contributed by atoms with E-state index in [1.165, 1.54) is 5.57 Å². The number of benzene rings is 1. The maximum atomic E-state index is 13.2. The number of amides is 1. The van der Waals surface area contributed by atoms with Crippen LogP contribution in [0.3, 0.4) is 0 Å². The van der Waals surface area contributed by atoms with E-state index in [0.717, 1.165) is 42.5 Å². The van der Waals surface area contributed by atoms with Crippen LogP contribution in [0.5, 0.6) is 11.5 Å². The van der Waals surface area contributed by atoms with Crippen LogP contribution in [0.4, 0.5) is 0 Å². The summed E-state index contributed by atoms with van der Waals surface area (Å²) < 4.78 is 10.8. The van der Waals surface area contributed by atoms with Gasteiger partial charge in [0.15, 0.2) is 11.5 Å². The highest BCUT2D eigenvalue weighted by Crippen LogP contribution is 2.48. The van der Waals surface area contributed by atoms with Gasteiger partial charge in [0.25, 0.3) is 5.91 Å². The van der Waals surface area contributed by atoms with Crippen molar-refractivity contribution in [3.8, 4) is 11.5 Å². The second kappa shape index (κ2) is 10.3. The van der Waals surface area contributed by atoms with Crippen molar-refractivity contribution in [3.05, 3.63) is 53.4 Å². The first-order valence-electron chi connectivity index (χ1n) is 11.4. The zero-order chi connectivity index (χ0) is 23.5. The summed E-state index contributed by atoms with van der Waals surface area (Å²) in [6, 6.07) is 6.33. The molecule has 0 saturated carbocycles. The van der Waals surface area contributed by atoms with Gasteiger partial charge < -0.3 is 29.3 Å². The summed E-state index contributed by atoms with van der Waals surface area (Å²) in [7, 11) is 5.79. The van der Waals surface area contributed by atoms with Crippen LogP contribution in [0.1, 0.15) is 25.3 Å². The van der Waals surface area contributed by atoms with Crippen molar-refractivity contribution in [3.63, 3.8) is 0 Å². The van der Waals surface area contributed by atoms with Crippen LogP contribution >= 0.6 is 8.58 Å². The number of rotatable bonds is 7. The van der Waals surface area contributed by atoms with Gasteiger partial charge in [0, 0.05) is 38.0 Å². The van der Waals surface area contributed by atoms with Gasteiger partial charge in [-0.2, -0.15) is 0 Å². The van der Waals surface area contributed by atoms with Gasteiger partial charge in [0.2, 0.25) is 0 Å². The molecular weight excluding hydrogens is 437 g/mol. The summed E-state index contributed by atoms with van der Waals surface area (Å²) in [4.78, 5) is 19.7. The lowest BCUT2D eigenvalue weighted by Crippen LogP contribution is -2.45. The maximum absolute atomic E-state index is 13.2. The highest BCUT2D eigenvalue weighted by molar-refractivity contribution is 7.51. The third-order valence-electron chi connectivity index (χ3n) is 6.77. The van der Waals surface area contributed by atoms with Crippen LogP contribution in [0.2, 0.25) is 0 Å². The van der Waals surface area contributed by atoms with Crippen LogP contribution in [-0.2, 0) is 4.79 Å². The predicted molar refractivity (Wildman–Crippen MR) is 133 cm³/mol. The number of likely N-dealkylation sites (tertiary alicyclic amines) is 1. The van der Waals surface area contributed by atoms with E-state index in [-0.39, 0.29) is 18.3 Å². The molecule has 4 rings (SSSR count). The summed E-state index contributed by atoms with van der Waals surface area (Å²) in [5.74, 6) is 1.43. The molecule has 1 amide bonds. The fourth-order valence-electron chi connectivity index (χ4n) is 4.80. The predicted octanol–water partition coefficient (Wildman–Crippen LogP) is 3.08. The number of hydrogen-bond donors (Lipinski definition) is 1. The average Bonchev–Trinajstić information content (AvgIpc) is 2.84. The number of piperidine rings is 1. The first kappa shape index (κ1) is 23.8. The molecule has 1 fully saturated rings. The first-order chi connectivity index (χ1) is 15.9. The van der Waals surface area contributed by atoms with E-state index in [1.54, 1.807) is 20.3 Å². The van der Waals surface area contributed by atoms with Gasteiger partial charge in [-0.25, -0.2) is 0 Å². The first-order valence-corrected chi connectivity index (χ1v) is 12.5. The fraction of sp³-hybridized carbons (Fsp3) is 0.480. The number of carbonyl (C=O) groups excluding carboxylic acids is 1. The van der Waals surface area contributed by atoms with Crippen molar-refractivity contribution < 1.29 is 19.4 Å². The molecule has 1 aromatic carbocycles. The molecule has 3 aliphatic rings. The van der Waals surface area contributed by atoms with Gasteiger partial charge in [-0.15, -0.1) is 0 Å². The molecule has 1 saturated heterocycles. The Morgan fingerprint density at radius 1 is 1.15 bits per heavy atom. The van der Waals surface area contributed by atoms with E-state index < -0.39 is 0 Å². The van der Waals surface area contributed by atoms with Crippen LogP contribution in [0.25, 0.3) is 5.31 Å².